The molecule has 0 saturated heterocycles. The Morgan fingerprint density at radius 2 is 0.810 bits per heavy atom. The van der Waals surface area contributed by atoms with E-state index >= 15 is 0 Å². The summed E-state index contributed by atoms with van der Waals surface area (Å²) in [6, 6.07) is 0. The van der Waals surface area contributed by atoms with E-state index in [0.717, 1.165) is 24.7 Å². The van der Waals surface area contributed by atoms with Gasteiger partial charge in [0.05, 0.1) is 0 Å². The molecule has 0 heterocycles. The first-order valence-electron chi connectivity index (χ1n) is 7.72. The molecule has 0 fully saturated rings. The van der Waals surface area contributed by atoms with E-state index in [9.17, 15) is 0 Å². The van der Waals surface area contributed by atoms with Crippen LogP contribution in [-0.4, -0.2) is 64.4 Å². The molecule has 0 radical (unpaired) electrons. The average Bonchev–Trinajstić information content (AvgIpc) is 2.32. The Balaban J connectivity index is 3.10. The first kappa shape index (κ1) is 22.4. The van der Waals surface area contributed by atoms with Gasteiger partial charge in [0, 0.05) is 47.7 Å². The molecular weight excluding hydrogens is 353 g/mol. The molecule has 21 heavy (non-hydrogen) atoms. The van der Waals surface area contributed by atoms with E-state index in [2.05, 4.69) is 51.0 Å². The van der Waals surface area contributed by atoms with E-state index in [4.69, 9.17) is 8.85 Å². The van der Waals surface area contributed by atoms with Crippen molar-refractivity contribution < 1.29 is 8.85 Å². The third kappa shape index (κ3) is 21.4. The summed E-state index contributed by atoms with van der Waals surface area (Å²) < 4.78 is 11.7. The van der Waals surface area contributed by atoms with Crippen molar-refractivity contribution in [1.29, 1.82) is 0 Å². The maximum absolute atomic E-state index is 5.83. The third-order valence-electron chi connectivity index (χ3n) is 2.27. The largest absolute Gasteiger partial charge is 0.417 e. The van der Waals surface area contributed by atoms with Crippen LogP contribution in [0.3, 0.4) is 0 Å². The summed E-state index contributed by atoms with van der Waals surface area (Å²) in [7, 11) is -2.59. The van der Waals surface area contributed by atoms with Crippen LogP contribution in [0.4, 0.5) is 0 Å². The van der Waals surface area contributed by atoms with Crippen molar-refractivity contribution in [3.63, 3.8) is 0 Å². The maximum Gasteiger partial charge on any atom is 0.183 e. The molecule has 0 saturated carbocycles. The average molecular weight is 387 g/mol. The summed E-state index contributed by atoms with van der Waals surface area (Å²) >= 11 is 6.12. The highest BCUT2D eigenvalue weighted by atomic mass is 32.2. The van der Waals surface area contributed by atoms with Gasteiger partial charge in [-0.25, -0.2) is 0 Å². The van der Waals surface area contributed by atoms with Crippen LogP contribution in [0.5, 0.6) is 0 Å². The second-order valence-corrected chi connectivity index (χ2v) is 19.5. The Bertz CT molecular complexity index is 219. The van der Waals surface area contributed by atoms with Gasteiger partial charge in [0.2, 0.25) is 0 Å². The molecule has 0 aromatic heterocycles. The van der Waals surface area contributed by atoms with Crippen molar-refractivity contribution in [1.82, 2.24) is 0 Å². The Labute approximate surface area is 147 Å². The number of hydrogen-bond acceptors (Lipinski definition) is 5. The predicted molar refractivity (Wildman–Crippen MR) is 111 cm³/mol. The zero-order valence-corrected chi connectivity index (χ0v) is 19.1. The van der Waals surface area contributed by atoms with Crippen LogP contribution in [0.2, 0.25) is 39.3 Å². The molecule has 7 heteroatoms. The lowest BCUT2D eigenvalue weighted by Crippen LogP contribution is -2.26. The molecule has 0 unspecified atom stereocenters. The lowest BCUT2D eigenvalue weighted by Gasteiger charge is -2.16. The first-order chi connectivity index (χ1) is 9.71. The number of hydrogen-bond donors (Lipinski definition) is 0. The van der Waals surface area contributed by atoms with E-state index in [1.807, 2.05) is 23.5 Å². The molecule has 0 bridgehead atoms. The van der Waals surface area contributed by atoms with Crippen LogP contribution in [0.15, 0.2) is 0 Å². The van der Waals surface area contributed by atoms with E-state index in [1.165, 1.54) is 23.0 Å². The van der Waals surface area contributed by atoms with Gasteiger partial charge < -0.3 is 8.85 Å². The Morgan fingerprint density at radius 3 is 1.10 bits per heavy atom. The minimum absolute atomic E-state index is 0.929. The number of thioether (sulfide) groups is 3. The van der Waals surface area contributed by atoms with Crippen LogP contribution >= 0.6 is 35.3 Å². The van der Waals surface area contributed by atoms with Crippen LogP contribution in [0, 0.1) is 0 Å². The smallest absolute Gasteiger partial charge is 0.183 e. The molecule has 0 aliphatic rings. The molecule has 0 spiro atoms. The van der Waals surface area contributed by atoms with E-state index in [1.54, 1.807) is 0 Å². The van der Waals surface area contributed by atoms with Crippen LogP contribution in [0.1, 0.15) is 0 Å². The highest BCUT2D eigenvalue weighted by Crippen LogP contribution is 2.12. The molecule has 0 N–H and O–H groups in total. The van der Waals surface area contributed by atoms with Crippen molar-refractivity contribution in [3.05, 3.63) is 0 Å². The van der Waals surface area contributed by atoms with Crippen LogP contribution in [-0.2, 0) is 8.85 Å². The summed E-state index contributed by atoms with van der Waals surface area (Å²) in [6.45, 7) is 15.4. The lowest BCUT2D eigenvalue weighted by molar-refractivity contribution is 0.338. The maximum atomic E-state index is 5.83. The summed E-state index contributed by atoms with van der Waals surface area (Å²) in [4.78, 5) is 0. The van der Waals surface area contributed by atoms with E-state index < -0.39 is 16.6 Å². The Kier molecular flexibility index (Phi) is 13.6. The van der Waals surface area contributed by atoms with Gasteiger partial charge in [0.25, 0.3) is 0 Å². The van der Waals surface area contributed by atoms with Gasteiger partial charge in [0.1, 0.15) is 0 Å². The molecular formula is C14H34O2S3Si2. The lowest BCUT2D eigenvalue weighted by atomic mass is 10.9. The van der Waals surface area contributed by atoms with Gasteiger partial charge in [-0.15, -0.1) is 0 Å². The summed E-state index contributed by atoms with van der Waals surface area (Å²) in [5.41, 5.74) is 0. The molecule has 2 nitrogen and oxygen atoms in total. The molecule has 0 amide bonds. The zero-order valence-electron chi connectivity index (χ0n) is 14.7. The van der Waals surface area contributed by atoms with Gasteiger partial charge in [-0.05, 0) is 39.3 Å². The molecule has 0 atom stereocenters. The van der Waals surface area contributed by atoms with Gasteiger partial charge in [-0.3, -0.25) is 0 Å². The quantitative estimate of drug-likeness (QED) is 0.311. The van der Waals surface area contributed by atoms with Gasteiger partial charge in [-0.2, -0.15) is 35.3 Å². The highest BCUT2D eigenvalue weighted by molar-refractivity contribution is 8.04. The molecule has 128 valence electrons. The van der Waals surface area contributed by atoms with Crippen molar-refractivity contribution in [2.45, 2.75) is 39.3 Å². The molecule has 0 aromatic carbocycles. The SMILES string of the molecule is C[Si](C)(C)OCCSCCSCCSCCO[Si](C)(C)C. The van der Waals surface area contributed by atoms with Gasteiger partial charge in [0.15, 0.2) is 16.6 Å². The van der Waals surface area contributed by atoms with Crippen LogP contribution < -0.4 is 0 Å². The second-order valence-electron chi connectivity index (χ2n) is 6.76. The van der Waals surface area contributed by atoms with Crippen molar-refractivity contribution in [2.24, 2.45) is 0 Å². The van der Waals surface area contributed by atoms with Crippen molar-refractivity contribution >= 4 is 51.9 Å². The summed E-state index contributed by atoms with van der Waals surface area (Å²) in [6.07, 6.45) is 0. The fourth-order valence-corrected chi connectivity index (χ4v) is 5.98. The summed E-state index contributed by atoms with van der Waals surface area (Å²) in [5, 5.41) is 0. The van der Waals surface area contributed by atoms with Crippen molar-refractivity contribution in [2.75, 3.05) is 47.7 Å². The molecule has 0 aromatic rings. The fraction of sp³-hybridized carbons (Fsp3) is 1.00. The molecule has 0 rings (SSSR count). The standard InChI is InChI=1S/C14H34O2S3Si2/c1-20(2,3)15-7-9-17-11-13-19-14-12-18-10-8-16-21(4,5)6/h7-14H2,1-6H3. The van der Waals surface area contributed by atoms with Crippen LogP contribution in [0.25, 0.3) is 0 Å². The second kappa shape index (κ2) is 12.8. The number of rotatable bonds is 14. The van der Waals surface area contributed by atoms with E-state index in [-0.39, 0.29) is 0 Å². The highest BCUT2D eigenvalue weighted by Gasteiger charge is 2.13. The molecule has 0 aliphatic heterocycles. The normalized spacial score (nSPS) is 12.9. The topological polar surface area (TPSA) is 18.5 Å². The Hall–Kier alpha value is 1.40. The van der Waals surface area contributed by atoms with Gasteiger partial charge in [-0.1, -0.05) is 0 Å². The third-order valence-corrected chi connectivity index (χ3v) is 7.81. The fourth-order valence-electron chi connectivity index (χ4n) is 1.36. The first-order valence-corrected chi connectivity index (χ1v) is 18.0. The summed E-state index contributed by atoms with van der Waals surface area (Å²) in [5.74, 6) is 7.33. The zero-order chi connectivity index (χ0) is 16.2. The monoisotopic (exact) mass is 386 g/mol. The Morgan fingerprint density at radius 1 is 0.524 bits per heavy atom. The predicted octanol–water partition coefficient (Wildman–Crippen LogP) is 4.89. The minimum atomic E-state index is -1.30. The van der Waals surface area contributed by atoms with Gasteiger partial charge >= 0.3 is 0 Å². The van der Waals surface area contributed by atoms with Crippen molar-refractivity contribution in [3.8, 4) is 0 Å². The van der Waals surface area contributed by atoms with E-state index in [0.29, 0.717) is 0 Å². The minimum Gasteiger partial charge on any atom is -0.417 e. The molecule has 0 aliphatic carbocycles.